The zero-order valence-corrected chi connectivity index (χ0v) is 13.3. The van der Waals surface area contributed by atoms with Crippen LogP contribution >= 0.6 is 18.5 Å². The molecule has 2 fully saturated rings. The highest BCUT2D eigenvalue weighted by molar-refractivity contribution is 8.57. The number of hydrogen-bond donors (Lipinski definition) is 0. The Bertz CT molecular complexity index is 430. The predicted molar refractivity (Wildman–Crippen MR) is 82.3 cm³/mol. The van der Waals surface area contributed by atoms with Crippen LogP contribution in [-0.2, 0) is 15.5 Å². The molecule has 1 aliphatic heterocycles. The summed E-state index contributed by atoms with van der Waals surface area (Å²) in [6.45, 7) is 0.611. The predicted octanol–water partition coefficient (Wildman–Crippen LogP) is 3.61. The molecule has 1 aliphatic carbocycles. The number of hydrogen-bond acceptors (Lipinski definition) is 4. The van der Waals surface area contributed by atoms with Gasteiger partial charge in [-0.05, 0) is 24.8 Å². The van der Waals surface area contributed by atoms with E-state index in [0.717, 1.165) is 25.0 Å². The summed E-state index contributed by atoms with van der Waals surface area (Å²) in [7, 11) is -2.92. The Labute approximate surface area is 125 Å². The molecule has 0 amide bonds. The Kier molecular flexibility index (Phi) is 5.00. The van der Waals surface area contributed by atoms with Crippen LogP contribution in [0.1, 0.15) is 31.2 Å². The third kappa shape index (κ3) is 3.75. The third-order valence-corrected chi connectivity index (χ3v) is 7.80. The quantitative estimate of drug-likeness (QED) is 0.797. The SMILES string of the molecule is [O-][P+]1(SCCc2ccccc2)OCC2CCCCC2O1. The molecule has 3 unspecified atom stereocenters. The lowest BCUT2D eigenvalue weighted by Gasteiger charge is -2.40. The van der Waals surface area contributed by atoms with E-state index in [2.05, 4.69) is 12.1 Å². The molecule has 0 bridgehead atoms. The van der Waals surface area contributed by atoms with Crippen molar-refractivity contribution in [1.82, 2.24) is 0 Å². The molecule has 1 heterocycles. The highest BCUT2D eigenvalue weighted by Gasteiger charge is 2.45. The van der Waals surface area contributed by atoms with Crippen molar-refractivity contribution < 1.29 is 13.9 Å². The fourth-order valence-electron chi connectivity index (χ4n) is 2.87. The summed E-state index contributed by atoms with van der Waals surface area (Å²) < 4.78 is 11.4. The van der Waals surface area contributed by atoms with Crippen LogP contribution in [0.15, 0.2) is 30.3 Å². The molecule has 2 aliphatic rings. The van der Waals surface area contributed by atoms with Gasteiger partial charge in [0, 0.05) is 11.7 Å². The van der Waals surface area contributed by atoms with Crippen LogP contribution in [0.25, 0.3) is 0 Å². The molecule has 1 saturated heterocycles. The molecule has 1 aromatic rings. The van der Waals surface area contributed by atoms with Gasteiger partial charge in [0.05, 0.1) is 11.4 Å². The Morgan fingerprint density at radius 3 is 2.85 bits per heavy atom. The van der Waals surface area contributed by atoms with Gasteiger partial charge in [-0.3, -0.25) is 0 Å². The molecule has 5 heteroatoms. The Morgan fingerprint density at radius 2 is 2.00 bits per heavy atom. The average molecular weight is 312 g/mol. The standard InChI is InChI=1S/C15H21O3PS/c16-19(20-11-10-13-6-2-1-3-7-13)17-12-14-8-4-5-9-15(14)18-19/h1-3,6-7,14-15H,4-5,8-12H2. The summed E-state index contributed by atoms with van der Waals surface area (Å²) in [5, 5.41) is 0. The van der Waals surface area contributed by atoms with Crippen molar-refractivity contribution in [2.75, 3.05) is 12.4 Å². The molecule has 0 radical (unpaired) electrons. The molecule has 20 heavy (non-hydrogen) atoms. The molecule has 1 saturated carbocycles. The fourth-order valence-corrected chi connectivity index (χ4v) is 6.47. The van der Waals surface area contributed by atoms with E-state index in [1.165, 1.54) is 29.8 Å². The number of aryl methyl sites for hydroxylation is 1. The lowest BCUT2D eigenvalue weighted by molar-refractivity contribution is -0.228. The van der Waals surface area contributed by atoms with Crippen molar-refractivity contribution in [2.24, 2.45) is 5.92 Å². The van der Waals surface area contributed by atoms with Crippen molar-refractivity contribution in [2.45, 2.75) is 38.2 Å². The minimum absolute atomic E-state index is 0.160. The first-order valence-corrected chi connectivity index (χ1v) is 10.5. The number of rotatable bonds is 4. The molecule has 0 spiro atoms. The second-order valence-electron chi connectivity index (χ2n) is 5.50. The number of benzene rings is 1. The van der Waals surface area contributed by atoms with E-state index in [9.17, 15) is 4.89 Å². The van der Waals surface area contributed by atoms with Crippen LogP contribution in [0.4, 0.5) is 0 Å². The maximum absolute atomic E-state index is 12.6. The molecule has 3 nitrogen and oxygen atoms in total. The molecule has 110 valence electrons. The fraction of sp³-hybridized carbons (Fsp3) is 0.600. The van der Waals surface area contributed by atoms with E-state index >= 15 is 0 Å². The van der Waals surface area contributed by atoms with E-state index in [1.807, 2.05) is 18.2 Å². The maximum Gasteiger partial charge on any atom is 0.299 e. The van der Waals surface area contributed by atoms with Gasteiger partial charge in [0.1, 0.15) is 12.7 Å². The first kappa shape index (κ1) is 14.8. The third-order valence-electron chi connectivity index (χ3n) is 4.03. The summed E-state index contributed by atoms with van der Waals surface area (Å²) in [6.07, 6.45) is 5.69. The highest BCUT2D eigenvalue weighted by Crippen LogP contribution is 2.68. The summed E-state index contributed by atoms with van der Waals surface area (Å²) in [6, 6.07) is 10.3. The van der Waals surface area contributed by atoms with Crippen molar-refractivity contribution in [3.63, 3.8) is 0 Å². The molecule has 0 N–H and O–H groups in total. The normalized spacial score (nSPS) is 33.6. The Hall–Kier alpha value is -0.120. The molecule has 3 rings (SSSR count). The molecular formula is C15H21O3PS. The summed E-state index contributed by atoms with van der Waals surface area (Å²) in [4.78, 5) is 12.6. The van der Waals surface area contributed by atoms with Gasteiger partial charge in [-0.25, -0.2) is 0 Å². The van der Waals surface area contributed by atoms with E-state index in [-0.39, 0.29) is 6.10 Å². The zero-order valence-electron chi connectivity index (χ0n) is 11.6. The van der Waals surface area contributed by atoms with E-state index in [0.29, 0.717) is 12.5 Å². The second kappa shape index (κ2) is 6.76. The van der Waals surface area contributed by atoms with Crippen LogP contribution in [0.3, 0.4) is 0 Å². The van der Waals surface area contributed by atoms with Gasteiger partial charge in [-0.15, -0.1) is 0 Å². The van der Waals surface area contributed by atoms with Crippen LogP contribution in [-0.4, -0.2) is 18.5 Å². The van der Waals surface area contributed by atoms with Gasteiger partial charge in [-0.2, -0.15) is 9.05 Å². The molecule has 0 aromatic heterocycles. The molecular weight excluding hydrogens is 291 g/mol. The molecule has 3 atom stereocenters. The highest BCUT2D eigenvalue weighted by atomic mass is 32.7. The first-order valence-electron chi connectivity index (χ1n) is 7.37. The van der Waals surface area contributed by atoms with Gasteiger partial charge in [0.25, 0.3) is 7.15 Å². The van der Waals surface area contributed by atoms with Crippen LogP contribution in [0.2, 0.25) is 0 Å². The van der Waals surface area contributed by atoms with Gasteiger partial charge in [-0.1, -0.05) is 43.2 Å². The monoisotopic (exact) mass is 312 g/mol. The number of fused-ring (bicyclic) bond motifs is 1. The van der Waals surface area contributed by atoms with E-state index < -0.39 is 7.15 Å². The van der Waals surface area contributed by atoms with Crippen LogP contribution < -0.4 is 4.89 Å². The van der Waals surface area contributed by atoms with Crippen molar-refractivity contribution in [1.29, 1.82) is 0 Å². The lowest BCUT2D eigenvalue weighted by Crippen LogP contribution is -2.38. The minimum atomic E-state index is -2.92. The Morgan fingerprint density at radius 1 is 1.20 bits per heavy atom. The van der Waals surface area contributed by atoms with Crippen LogP contribution in [0.5, 0.6) is 0 Å². The van der Waals surface area contributed by atoms with Crippen molar-refractivity contribution in [3.8, 4) is 0 Å². The first-order chi connectivity index (χ1) is 9.75. The summed E-state index contributed by atoms with van der Waals surface area (Å²) in [5.41, 5.74) is 1.26. The van der Waals surface area contributed by atoms with Gasteiger partial charge in [0.2, 0.25) is 0 Å². The smallest absolute Gasteiger partial charge is 0.299 e. The van der Waals surface area contributed by atoms with Crippen molar-refractivity contribution in [3.05, 3.63) is 35.9 Å². The van der Waals surface area contributed by atoms with Crippen molar-refractivity contribution >= 4 is 18.5 Å². The van der Waals surface area contributed by atoms with E-state index in [4.69, 9.17) is 9.05 Å². The topological polar surface area (TPSA) is 41.5 Å². The largest absolute Gasteiger partial charge is 0.622 e. The van der Waals surface area contributed by atoms with Gasteiger partial charge < -0.3 is 4.89 Å². The average Bonchev–Trinajstić information content (AvgIpc) is 2.48. The Balaban J connectivity index is 1.49. The van der Waals surface area contributed by atoms with E-state index in [1.54, 1.807) is 0 Å². The maximum atomic E-state index is 12.6. The lowest BCUT2D eigenvalue weighted by atomic mass is 9.87. The van der Waals surface area contributed by atoms with Gasteiger partial charge in [0.15, 0.2) is 0 Å². The molecule has 1 aromatic carbocycles. The minimum Gasteiger partial charge on any atom is -0.622 e. The summed E-state index contributed by atoms with van der Waals surface area (Å²) >= 11 is 1.36. The zero-order chi connectivity index (χ0) is 13.8. The van der Waals surface area contributed by atoms with Crippen LogP contribution in [0, 0.1) is 5.92 Å². The second-order valence-corrected chi connectivity index (χ2v) is 9.65. The van der Waals surface area contributed by atoms with Gasteiger partial charge >= 0.3 is 0 Å². The summed E-state index contributed by atoms with van der Waals surface area (Å²) in [5.74, 6) is 1.24.